The minimum atomic E-state index is -0.775. The van der Waals surface area contributed by atoms with E-state index in [0.29, 0.717) is 31.7 Å². The Morgan fingerprint density at radius 3 is 2.24 bits per heavy atom. The number of esters is 1. The van der Waals surface area contributed by atoms with Gasteiger partial charge in [0, 0.05) is 43.7 Å². The molecule has 0 aromatic heterocycles. The van der Waals surface area contributed by atoms with E-state index in [1.165, 1.54) is 0 Å². The number of carbonyl (C=O) groups is 3. The van der Waals surface area contributed by atoms with Gasteiger partial charge in [0.15, 0.2) is 6.10 Å². The Labute approximate surface area is 172 Å². The monoisotopic (exact) mass is 398 g/mol. The van der Waals surface area contributed by atoms with Crippen LogP contribution in [0.2, 0.25) is 0 Å². The van der Waals surface area contributed by atoms with Crippen LogP contribution in [0.3, 0.4) is 0 Å². The van der Waals surface area contributed by atoms with Crippen LogP contribution in [0.15, 0.2) is 30.3 Å². The number of hydrogen-bond acceptors (Lipinski definition) is 5. The highest BCUT2D eigenvalue weighted by atomic mass is 16.5. The molecule has 6 nitrogen and oxygen atoms in total. The zero-order valence-corrected chi connectivity index (χ0v) is 17.1. The third-order valence-electron chi connectivity index (χ3n) is 6.73. The van der Waals surface area contributed by atoms with E-state index in [-0.39, 0.29) is 29.6 Å². The van der Waals surface area contributed by atoms with Gasteiger partial charge in [-0.3, -0.25) is 14.4 Å². The van der Waals surface area contributed by atoms with Gasteiger partial charge in [0.2, 0.25) is 0 Å². The number of piperazine rings is 1. The van der Waals surface area contributed by atoms with Crippen LogP contribution in [-0.2, 0) is 19.1 Å². The van der Waals surface area contributed by atoms with Crippen molar-refractivity contribution >= 4 is 23.3 Å². The molecular formula is C23H30N2O4. The summed E-state index contributed by atoms with van der Waals surface area (Å²) in [7, 11) is 0. The standard InChI is InChI=1S/C23H30N2O4/c1-16(29-23(28)19-14-17-6-5-7-18(15-19)21(17)26)22(27)25-12-10-24(11-13-25)20-8-3-2-4-9-20/h2-4,8-9,16-19H,5-7,10-15H2,1H3/t16-,17-,18+,19?/m0/s1. The molecule has 1 heterocycles. The number of benzene rings is 1. The van der Waals surface area contributed by atoms with Crippen molar-refractivity contribution in [2.24, 2.45) is 17.8 Å². The highest BCUT2D eigenvalue weighted by Crippen LogP contribution is 2.40. The van der Waals surface area contributed by atoms with Gasteiger partial charge in [-0.25, -0.2) is 0 Å². The Morgan fingerprint density at radius 1 is 1.00 bits per heavy atom. The fraction of sp³-hybridized carbons (Fsp3) is 0.609. The third kappa shape index (κ3) is 4.31. The van der Waals surface area contributed by atoms with Crippen LogP contribution in [0.4, 0.5) is 5.69 Å². The van der Waals surface area contributed by atoms with Crippen LogP contribution in [0, 0.1) is 17.8 Å². The molecule has 1 saturated heterocycles. The first kappa shape index (κ1) is 19.9. The Kier molecular flexibility index (Phi) is 5.88. The number of fused-ring (bicyclic) bond motifs is 2. The topological polar surface area (TPSA) is 66.9 Å². The number of para-hydroxylation sites is 1. The van der Waals surface area contributed by atoms with Crippen molar-refractivity contribution in [1.82, 2.24) is 4.90 Å². The van der Waals surface area contributed by atoms with Gasteiger partial charge in [0.05, 0.1) is 5.92 Å². The summed E-state index contributed by atoms with van der Waals surface area (Å²) in [4.78, 5) is 41.7. The minimum absolute atomic E-state index is 0.0112. The third-order valence-corrected chi connectivity index (χ3v) is 6.73. The number of carbonyl (C=O) groups excluding carboxylic acids is 3. The Balaban J connectivity index is 1.27. The fourth-order valence-corrected chi connectivity index (χ4v) is 5.07. The van der Waals surface area contributed by atoms with Gasteiger partial charge < -0.3 is 14.5 Å². The summed E-state index contributed by atoms with van der Waals surface area (Å²) in [6, 6.07) is 10.2. The predicted octanol–water partition coefficient (Wildman–Crippen LogP) is 2.66. The molecule has 1 unspecified atom stereocenters. The lowest BCUT2D eigenvalue weighted by Gasteiger charge is -2.38. The lowest BCUT2D eigenvalue weighted by atomic mass is 9.67. The molecule has 3 aliphatic rings. The molecule has 4 atom stereocenters. The normalized spacial score (nSPS) is 28.0. The Morgan fingerprint density at radius 2 is 1.62 bits per heavy atom. The number of nitrogens with zero attached hydrogens (tertiary/aromatic N) is 2. The predicted molar refractivity (Wildman–Crippen MR) is 109 cm³/mol. The van der Waals surface area contributed by atoms with Crippen LogP contribution >= 0.6 is 0 Å². The maximum atomic E-state index is 12.8. The summed E-state index contributed by atoms with van der Waals surface area (Å²) in [5.41, 5.74) is 1.16. The van der Waals surface area contributed by atoms with Gasteiger partial charge in [0.25, 0.3) is 5.91 Å². The van der Waals surface area contributed by atoms with E-state index in [1.54, 1.807) is 11.8 Å². The first-order valence-corrected chi connectivity index (χ1v) is 10.9. The van der Waals surface area contributed by atoms with Crippen molar-refractivity contribution in [2.75, 3.05) is 31.1 Å². The molecule has 1 aromatic carbocycles. The summed E-state index contributed by atoms with van der Waals surface area (Å²) in [5.74, 6) is -0.320. The largest absolute Gasteiger partial charge is 0.452 e. The van der Waals surface area contributed by atoms with Gasteiger partial charge in [0.1, 0.15) is 5.78 Å². The molecule has 2 bridgehead atoms. The van der Waals surface area contributed by atoms with Gasteiger partial charge in [-0.2, -0.15) is 0 Å². The summed E-state index contributed by atoms with van der Waals surface area (Å²) < 4.78 is 5.56. The summed E-state index contributed by atoms with van der Waals surface area (Å²) in [6.07, 6.45) is 3.25. The highest BCUT2D eigenvalue weighted by molar-refractivity contribution is 5.88. The summed E-state index contributed by atoms with van der Waals surface area (Å²) in [6.45, 7) is 4.45. The van der Waals surface area contributed by atoms with E-state index < -0.39 is 6.10 Å². The number of anilines is 1. The van der Waals surface area contributed by atoms with Crippen LogP contribution < -0.4 is 4.90 Å². The van der Waals surface area contributed by atoms with E-state index in [4.69, 9.17) is 4.74 Å². The number of ether oxygens (including phenoxy) is 1. The van der Waals surface area contributed by atoms with Crippen molar-refractivity contribution in [3.63, 3.8) is 0 Å². The first-order chi connectivity index (χ1) is 14.0. The Hall–Kier alpha value is -2.37. The van der Waals surface area contributed by atoms with Crippen LogP contribution in [0.5, 0.6) is 0 Å². The fourth-order valence-electron chi connectivity index (χ4n) is 5.07. The highest BCUT2D eigenvalue weighted by Gasteiger charge is 2.42. The second-order valence-electron chi connectivity index (χ2n) is 8.62. The van der Waals surface area contributed by atoms with Crippen molar-refractivity contribution in [3.8, 4) is 0 Å². The van der Waals surface area contributed by atoms with Crippen molar-refractivity contribution in [3.05, 3.63) is 30.3 Å². The van der Waals surface area contributed by atoms with Crippen LogP contribution in [-0.4, -0.2) is 54.8 Å². The number of rotatable bonds is 4. The molecule has 156 valence electrons. The van der Waals surface area contributed by atoms with E-state index in [1.807, 2.05) is 18.2 Å². The maximum Gasteiger partial charge on any atom is 0.309 e. The summed E-state index contributed by atoms with van der Waals surface area (Å²) >= 11 is 0. The molecule has 0 spiro atoms. The van der Waals surface area contributed by atoms with Crippen molar-refractivity contribution in [2.45, 2.75) is 45.1 Å². The molecule has 4 rings (SSSR count). The molecule has 1 aliphatic heterocycles. The quantitative estimate of drug-likeness (QED) is 0.730. The van der Waals surface area contributed by atoms with Gasteiger partial charge in [-0.15, -0.1) is 0 Å². The molecule has 1 aromatic rings. The molecule has 2 aliphatic carbocycles. The van der Waals surface area contributed by atoms with Gasteiger partial charge >= 0.3 is 5.97 Å². The minimum Gasteiger partial charge on any atom is -0.452 e. The molecule has 0 radical (unpaired) electrons. The number of Topliss-reactive ketones (excluding diaryl/α,β-unsaturated/α-hetero) is 1. The lowest BCUT2D eigenvalue weighted by Crippen LogP contribution is -2.52. The average molecular weight is 399 g/mol. The number of ketones is 1. The number of amides is 1. The van der Waals surface area contributed by atoms with E-state index >= 15 is 0 Å². The van der Waals surface area contributed by atoms with Crippen LogP contribution in [0.1, 0.15) is 39.0 Å². The lowest BCUT2D eigenvalue weighted by molar-refractivity contribution is -0.165. The average Bonchev–Trinajstić information content (AvgIpc) is 2.73. The van der Waals surface area contributed by atoms with E-state index in [9.17, 15) is 14.4 Å². The van der Waals surface area contributed by atoms with Crippen LogP contribution in [0.25, 0.3) is 0 Å². The second kappa shape index (κ2) is 8.56. The summed E-state index contributed by atoms with van der Waals surface area (Å²) in [5, 5.41) is 0. The molecule has 6 heteroatoms. The smallest absolute Gasteiger partial charge is 0.309 e. The van der Waals surface area contributed by atoms with Crippen molar-refractivity contribution < 1.29 is 19.1 Å². The van der Waals surface area contributed by atoms with Crippen molar-refractivity contribution in [1.29, 1.82) is 0 Å². The maximum absolute atomic E-state index is 12.8. The first-order valence-electron chi connectivity index (χ1n) is 10.9. The zero-order chi connectivity index (χ0) is 20.4. The number of hydrogen-bond donors (Lipinski definition) is 0. The Bertz CT molecular complexity index is 741. The molecule has 3 fully saturated rings. The van der Waals surface area contributed by atoms with E-state index in [0.717, 1.165) is 38.0 Å². The molecule has 1 amide bonds. The van der Waals surface area contributed by atoms with E-state index in [2.05, 4.69) is 17.0 Å². The molecule has 0 N–H and O–H groups in total. The van der Waals surface area contributed by atoms with Gasteiger partial charge in [-0.05, 0) is 44.7 Å². The molecular weight excluding hydrogens is 368 g/mol. The zero-order valence-electron chi connectivity index (χ0n) is 17.1. The SMILES string of the molecule is C[C@H](OC(=O)C1C[C@H]2CCC[C@@H](C1)C2=O)C(=O)N1CCN(c2ccccc2)CC1. The molecule has 2 saturated carbocycles. The van der Waals surface area contributed by atoms with Gasteiger partial charge in [-0.1, -0.05) is 24.6 Å². The molecule has 29 heavy (non-hydrogen) atoms. The second-order valence-corrected chi connectivity index (χ2v) is 8.62.